The SMILES string of the molecule is CCOc1ccc(C=c2sc3nc(=O)c(Cc4ccc(C)cc4)nn3c2=O)cc1OCC. The van der Waals surface area contributed by atoms with E-state index in [4.69, 9.17) is 9.47 Å². The zero-order chi connectivity index (χ0) is 22.7. The zero-order valence-corrected chi connectivity index (χ0v) is 18.9. The van der Waals surface area contributed by atoms with E-state index < -0.39 is 5.56 Å². The fourth-order valence-corrected chi connectivity index (χ4v) is 4.16. The summed E-state index contributed by atoms with van der Waals surface area (Å²) in [5, 5.41) is 4.31. The molecule has 164 valence electrons. The van der Waals surface area contributed by atoms with Crippen molar-refractivity contribution >= 4 is 22.4 Å². The van der Waals surface area contributed by atoms with Crippen molar-refractivity contribution in [2.45, 2.75) is 27.2 Å². The van der Waals surface area contributed by atoms with Crippen LogP contribution in [0, 0.1) is 6.92 Å². The van der Waals surface area contributed by atoms with E-state index in [2.05, 4.69) is 10.1 Å². The van der Waals surface area contributed by atoms with E-state index in [1.807, 2.05) is 63.2 Å². The number of aromatic nitrogens is 3. The lowest BCUT2D eigenvalue weighted by Gasteiger charge is -2.11. The van der Waals surface area contributed by atoms with Gasteiger partial charge in [0.2, 0.25) is 4.96 Å². The third-order valence-corrected chi connectivity index (χ3v) is 5.77. The molecule has 0 spiro atoms. The van der Waals surface area contributed by atoms with Gasteiger partial charge in [-0.15, -0.1) is 0 Å². The molecule has 0 atom stereocenters. The summed E-state index contributed by atoms with van der Waals surface area (Å²) in [4.78, 5) is 29.8. The van der Waals surface area contributed by atoms with Crippen LogP contribution in [0.25, 0.3) is 11.0 Å². The predicted octanol–water partition coefficient (Wildman–Crippen LogP) is 2.76. The van der Waals surface area contributed by atoms with Crippen molar-refractivity contribution in [1.29, 1.82) is 0 Å². The topological polar surface area (TPSA) is 82.8 Å². The molecule has 32 heavy (non-hydrogen) atoms. The van der Waals surface area contributed by atoms with Crippen LogP contribution in [0.1, 0.15) is 36.2 Å². The second-order valence-electron chi connectivity index (χ2n) is 7.21. The Morgan fingerprint density at radius 2 is 1.72 bits per heavy atom. The van der Waals surface area contributed by atoms with Gasteiger partial charge in [0.05, 0.1) is 17.7 Å². The Morgan fingerprint density at radius 1 is 1.00 bits per heavy atom. The minimum absolute atomic E-state index is 0.243. The third-order valence-electron chi connectivity index (χ3n) is 4.81. The van der Waals surface area contributed by atoms with Crippen LogP contribution in [0.15, 0.2) is 52.1 Å². The summed E-state index contributed by atoms with van der Waals surface area (Å²) in [6, 6.07) is 13.3. The van der Waals surface area contributed by atoms with Crippen molar-refractivity contribution in [1.82, 2.24) is 14.6 Å². The zero-order valence-electron chi connectivity index (χ0n) is 18.1. The number of aryl methyl sites for hydroxylation is 1. The molecule has 0 N–H and O–H groups in total. The molecular formula is C24H23N3O4S. The van der Waals surface area contributed by atoms with Crippen molar-refractivity contribution in [3.05, 3.63) is 90.1 Å². The Kier molecular flexibility index (Phi) is 6.32. The predicted molar refractivity (Wildman–Crippen MR) is 125 cm³/mol. The Morgan fingerprint density at radius 3 is 2.44 bits per heavy atom. The summed E-state index contributed by atoms with van der Waals surface area (Å²) in [7, 11) is 0. The highest BCUT2D eigenvalue weighted by Gasteiger charge is 2.12. The lowest BCUT2D eigenvalue weighted by Crippen LogP contribution is -2.28. The highest BCUT2D eigenvalue weighted by atomic mass is 32.1. The van der Waals surface area contributed by atoms with E-state index in [1.54, 1.807) is 6.08 Å². The van der Waals surface area contributed by atoms with Gasteiger partial charge in [-0.3, -0.25) is 9.59 Å². The van der Waals surface area contributed by atoms with Gasteiger partial charge >= 0.3 is 0 Å². The van der Waals surface area contributed by atoms with Crippen molar-refractivity contribution in [2.75, 3.05) is 13.2 Å². The van der Waals surface area contributed by atoms with Crippen molar-refractivity contribution < 1.29 is 9.47 Å². The van der Waals surface area contributed by atoms with Crippen LogP contribution < -0.4 is 25.1 Å². The molecule has 2 aromatic heterocycles. The van der Waals surface area contributed by atoms with E-state index in [0.717, 1.165) is 28.0 Å². The number of benzene rings is 2. The number of hydrogen-bond donors (Lipinski definition) is 0. The van der Waals surface area contributed by atoms with E-state index in [9.17, 15) is 9.59 Å². The second kappa shape index (κ2) is 9.32. The molecule has 0 fully saturated rings. The quantitative estimate of drug-likeness (QED) is 0.432. The molecule has 7 nitrogen and oxygen atoms in total. The largest absolute Gasteiger partial charge is 0.490 e. The molecule has 4 rings (SSSR count). The molecule has 2 heterocycles. The van der Waals surface area contributed by atoms with Crippen molar-refractivity contribution in [2.24, 2.45) is 0 Å². The summed E-state index contributed by atoms with van der Waals surface area (Å²) in [6.07, 6.45) is 2.06. The van der Waals surface area contributed by atoms with Crippen LogP contribution in [-0.2, 0) is 6.42 Å². The highest BCUT2D eigenvalue weighted by molar-refractivity contribution is 7.15. The monoisotopic (exact) mass is 449 g/mol. The van der Waals surface area contributed by atoms with Crippen LogP contribution >= 0.6 is 11.3 Å². The van der Waals surface area contributed by atoms with Gasteiger partial charge in [-0.25, -0.2) is 0 Å². The summed E-state index contributed by atoms with van der Waals surface area (Å²) < 4.78 is 12.9. The van der Waals surface area contributed by atoms with Gasteiger partial charge in [0.15, 0.2) is 11.5 Å². The van der Waals surface area contributed by atoms with Crippen LogP contribution in [0.2, 0.25) is 0 Å². The van der Waals surface area contributed by atoms with Crippen LogP contribution in [0.3, 0.4) is 0 Å². The minimum atomic E-state index is -0.418. The van der Waals surface area contributed by atoms with Crippen LogP contribution in [-0.4, -0.2) is 27.8 Å². The molecule has 0 aliphatic rings. The van der Waals surface area contributed by atoms with Gasteiger partial charge in [-0.05, 0) is 50.1 Å². The maximum atomic E-state index is 13.0. The first-order valence-corrected chi connectivity index (χ1v) is 11.2. The number of ether oxygens (including phenoxy) is 2. The fraction of sp³-hybridized carbons (Fsp3) is 0.250. The first kappa shape index (κ1) is 21.7. The number of fused-ring (bicyclic) bond motifs is 1. The van der Waals surface area contributed by atoms with Gasteiger partial charge in [-0.1, -0.05) is 47.2 Å². The maximum absolute atomic E-state index is 13.0. The molecule has 4 aromatic rings. The third kappa shape index (κ3) is 4.55. The standard InChI is InChI=1S/C24H23N3O4S/c1-4-30-19-11-10-17(13-20(19)31-5-2)14-21-23(29)27-24(32-21)25-22(28)18(26-27)12-16-8-6-15(3)7-9-16/h6-11,13-14H,4-5,12H2,1-3H3. The van der Waals surface area contributed by atoms with Crippen molar-refractivity contribution in [3.8, 4) is 11.5 Å². The Bertz CT molecular complexity index is 1420. The van der Waals surface area contributed by atoms with Gasteiger partial charge in [0.1, 0.15) is 5.69 Å². The smallest absolute Gasteiger partial charge is 0.296 e. The molecule has 2 aromatic carbocycles. The summed E-state index contributed by atoms with van der Waals surface area (Å²) in [5.74, 6) is 1.27. The molecule has 0 saturated carbocycles. The minimum Gasteiger partial charge on any atom is -0.490 e. The van der Waals surface area contributed by atoms with E-state index in [0.29, 0.717) is 35.7 Å². The summed E-state index contributed by atoms with van der Waals surface area (Å²) in [6.45, 7) is 6.83. The molecule has 0 aliphatic heterocycles. The summed E-state index contributed by atoms with van der Waals surface area (Å²) in [5.41, 5.74) is 2.37. The van der Waals surface area contributed by atoms with Gasteiger partial charge in [-0.2, -0.15) is 14.6 Å². The molecule has 0 bridgehead atoms. The highest BCUT2D eigenvalue weighted by Crippen LogP contribution is 2.28. The molecule has 0 saturated heterocycles. The molecule has 0 amide bonds. The molecule has 0 radical (unpaired) electrons. The van der Waals surface area contributed by atoms with Gasteiger partial charge in [0, 0.05) is 6.42 Å². The Hall–Kier alpha value is -3.52. The number of hydrogen-bond acceptors (Lipinski definition) is 7. The normalized spacial score (nSPS) is 11.8. The second-order valence-corrected chi connectivity index (χ2v) is 8.22. The number of nitrogens with zero attached hydrogens (tertiary/aromatic N) is 3. The van der Waals surface area contributed by atoms with E-state index >= 15 is 0 Å². The summed E-state index contributed by atoms with van der Waals surface area (Å²) >= 11 is 1.13. The molecule has 0 aliphatic carbocycles. The number of rotatable bonds is 7. The molecular weight excluding hydrogens is 426 g/mol. The Labute approximate surface area is 188 Å². The molecule has 8 heteroatoms. The maximum Gasteiger partial charge on any atom is 0.296 e. The fourth-order valence-electron chi connectivity index (χ4n) is 3.26. The van der Waals surface area contributed by atoms with Gasteiger partial charge < -0.3 is 9.47 Å². The lowest BCUT2D eigenvalue weighted by atomic mass is 10.1. The number of thiazole rings is 1. The first-order valence-electron chi connectivity index (χ1n) is 10.4. The Balaban J connectivity index is 1.74. The lowest BCUT2D eigenvalue weighted by molar-refractivity contribution is 0.287. The first-order chi connectivity index (χ1) is 15.5. The van der Waals surface area contributed by atoms with Crippen LogP contribution in [0.4, 0.5) is 0 Å². The van der Waals surface area contributed by atoms with Crippen LogP contribution in [0.5, 0.6) is 11.5 Å². The average Bonchev–Trinajstić information content (AvgIpc) is 3.06. The van der Waals surface area contributed by atoms with Gasteiger partial charge in [0.25, 0.3) is 11.1 Å². The molecule has 0 unspecified atom stereocenters. The average molecular weight is 450 g/mol. The van der Waals surface area contributed by atoms with E-state index in [1.165, 1.54) is 4.52 Å². The van der Waals surface area contributed by atoms with E-state index in [-0.39, 0.29) is 16.2 Å². The van der Waals surface area contributed by atoms with Crippen molar-refractivity contribution in [3.63, 3.8) is 0 Å².